The summed E-state index contributed by atoms with van der Waals surface area (Å²) in [6.07, 6.45) is 0. The summed E-state index contributed by atoms with van der Waals surface area (Å²) in [5.41, 5.74) is 1.61. The molecule has 1 saturated heterocycles. The number of nitrogens with zero attached hydrogens (tertiary/aromatic N) is 5. The van der Waals surface area contributed by atoms with Crippen LogP contribution in [0.3, 0.4) is 0 Å². The molecule has 0 unspecified atom stereocenters. The van der Waals surface area contributed by atoms with Gasteiger partial charge >= 0.3 is 0 Å². The zero-order chi connectivity index (χ0) is 16.6. The summed E-state index contributed by atoms with van der Waals surface area (Å²) in [7, 11) is 0. The molecule has 2 aromatic rings. The van der Waals surface area contributed by atoms with Crippen LogP contribution >= 0.6 is 11.8 Å². The number of imide groups is 1. The Morgan fingerprint density at radius 1 is 1.35 bits per heavy atom. The third-order valence-electron chi connectivity index (χ3n) is 3.28. The van der Waals surface area contributed by atoms with Crippen LogP contribution in [-0.2, 0) is 4.79 Å². The molecule has 1 N–H and O–H groups in total. The summed E-state index contributed by atoms with van der Waals surface area (Å²) in [4.78, 5) is 44.4. The fourth-order valence-corrected chi connectivity index (χ4v) is 2.97. The second-order valence-corrected chi connectivity index (χ2v) is 5.97. The van der Waals surface area contributed by atoms with Crippen LogP contribution in [0.5, 0.6) is 0 Å². The van der Waals surface area contributed by atoms with Crippen LogP contribution in [0.15, 0.2) is 6.07 Å². The van der Waals surface area contributed by atoms with Crippen molar-refractivity contribution in [2.24, 2.45) is 0 Å². The average Bonchev–Trinajstić information content (AvgIpc) is 3.05. The number of rotatable bonds is 4. The van der Waals surface area contributed by atoms with Gasteiger partial charge in [-0.3, -0.25) is 19.3 Å². The van der Waals surface area contributed by atoms with E-state index >= 15 is 0 Å². The fraction of sp³-hybridized carbons (Fsp3) is 0.385. The van der Waals surface area contributed by atoms with Crippen LogP contribution in [0.1, 0.15) is 22.0 Å². The van der Waals surface area contributed by atoms with Crippen LogP contribution in [-0.4, -0.2) is 60.4 Å². The molecule has 1 fully saturated rings. The van der Waals surface area contributed by atoms with E-state index in [2.05, 4.69) is 20.4 Å². The first-order valence-electron chi connectivity index (χ1n) is 6.92. The number of hydrogen-bond donors (Lipinski definition) is 1. The lowest BCUT2D eigenvalue weighted by Gasteiger charge is -2.12. The predicted octanol–water partition coefficient (Wildman–Crippen LogP) is 0.166. The topological polar surface area (TPSA) is 110 Å². The van der Waals surface area contributed by atoms with Crippen LogP contribution in [0.2, 0.25) is 0 Å². The van der Waals surface area contributed by atoms with E-state index in [-0.39, 0.29) is 35.8 Å². The standard InChI is InChI=1S/C13H14N6O3S/c1-7-5-8(2)19-12(15-7)16-10(17-19)11(21)14-3-4-18-9(20)6-23-13(18)22/h5H,3-4,6H2,1-2H3,(H,14,21). The van der Waals surface area contributed by atoms with E-state index in [0.29, 0.717) is 5.78 Å². The summed E-state index contributed by atoms with van der Waals surface area (Å²) in [5, 5.41) is 6.43. The maximum atomic E-state index is 12.1. The molecule has 0 spiro atoms. The summed E-state index contributed by atoms with van der Waals surface area (Å²) >= 11 is 0.963. The molecule has 1 aliphatic rings. The van der Waals surface area contributed by atoms with Gasteiger partial charge in [-0.15, -0.1) is 5.10 Å². The first kappa shape index (κ1) is 15.4. The molecule has 0 atom stereocenters. The molecule has 0 bridgehead atoms. The van der Waals surface area contributed by atoms with Crippen molar-refractivity contribution in [1.29, 1.82) is 0 Å². The van der Waals surface area contributed by atoms with Gasteiger partial charge in [-0.05, 0) is 19.9 Å². The molecule has 23 heavy (non-hydrogen) atoms. The van der Waals surface area contributed by atoms with Gasteiger partial charge in [-0.1, -0.05) is 11.8 Å². The first-order valence-corrected chi connectivity index (χ1v) is 7.90. The van der Waals surface area contributed by atoms with E-state index in [1.165, 1.54) is 4.52 Å². The molecule has 2 aromatic heterocycles. The number of thioether (sulfide) groups is 1. The normalized spacial score (nSPS) is 14.8. The number of nitrogens with one attached hydrogen (secondary N) is 1. The Hall–Kier alpha value is -2.49. The number of fused-ring (bicyclic) bond motifs is 1. The second kappa shape index (κ2) is 5.95. The third kappa shape index (κ3) is 3.02. The molecule has 3 heterocycles. The van der Waals surface area contributed by atoms with Crippen molar-refractivity contribution >= 4 is 34.6 Å². The van der Waals surface area contributed by atoms with Gasteiger partial charge in [0, 0.05) is 24.5 Å². The van der Waals surface area contributed by atoms with Gasteiger partial charge in [-0.2, -0.15) is 4.98 Å². The highest BCUT2D eigenvalue weighted by Gasteiger charge is 2.29. The van der Waals surface area contributed by atoms with E-state index in [1.54, 1.807) is 0 Å². The number of amides is 3. The minimum atomic E-state index is -0.473. The van der Waals surface area contributed by atoms with Crippen LogP contribution in [0.4, 0.5) is 4.79 Å². The van der Waals surface area contributed by atoms with Gasteiger partial charge in [0.25, 0.3) is 16.9 Å². The van der Waals surface area contributed by atoms with Crippen molar-refractivity contribution in [3.8, 4) is 0 Å². The van der Waals surface area contributed by atoms with Crippen molar-refractivity contribution in [1.82, 2.24) is 29.8 Å². The lowest BCUT2D eigenvalue weighted by molar-refractivity contribution is -0.124. The highest BCUT2D eigenvalue weighted by Crippen LogP contribution is 2.17. The second-order valence-electron chi connectivity index (χ2n) is 5.04. The van der Waals surface area contributed by atoms with E-state index < -0.39 is 5.91 Å². The SMILES string of the molecule is Cc1cc(C)n2nc(C(=O)NCCN3C(=O)CSC3=O)nc2n1. The third-order valence-corrected chi connectivity index (χ3v) is 4.14. The van der Waals surface area contributed by atoms with E-state index in [9.17, 15) is 14.4 Å². The Labute approximate surface area is 135 Å². The van der Waals surface area contributed by atoms with Crippen molar-refractivity contribution in [3.63, 3.8) is 0 Å². The summed E-state index contributed by atoms with van der Waals surface area (Å²) in [5.74, 6) is -0.200. The minimum absolute atomic E-state index is 0.000324. The molecule has 0 aliphatic carbocycles. The van der Waals surface area contributed by atoms with Crippen molar-refractivity contribution in [2.75, 3.05) is 18.8 Å². The molecule has 0 aromatic carbocycles. The van der Waals surface area contributed by atoms with Crippen molar-refractivity contribution < 1.29 is 14.4 Å². The summed E-state index contributed by atoms with van der Waals surface area (Å²) in [6, 6.07) is 1.84. The number of carbonyl (C=O) groups excluding carboxylic acids is 3. The van der Waals surface area contributed by atoms with Crippen molar-refractivity contribution in [2.45, 2.75) is 13.8 Å². The quantitative estimate of drug-likeness (QED) is 0.848. The minimum Gasteiger partial charge on any atom is -0.347 e. The summed E-state index contributed by atoms with van der Waals surface area (Å²) in [6.45, 7) is 3.97. The molecule has 1 aliphatic heterocycles. The molecular formula is C13H14N6O3S. The van der Waals surface area contributed by atoms with Gasteiger partial charge in [0.05, 0.1) is 5.75 Å². The van der Waals surface area contributed by atoms with Gasteiger partial charge in [-0.25, -0.2) is 9.50 Å². The van der Waals surface area contributed by atoms with Crippen LogP contribution in [0, 0.1) is 13.8 Å². The molecule has 3 rings (SSSR count). The monoisotopic (exact) mass is 334 g/mol. The van der Waals surface area contributed by atoms with E-state index in [1.807, 2.05) is 19.9 Å². The molecule has 9 nitrogen and oxygen atoms in total. The lowest BCUT2D eigenvalue weighted by atomic mass is 10.4. The number of hydrogen-bond acceptors (Lipinski definition) is 7. The van der Waals surface area contributed by atoms with Gasteiger partial charge in [0.15, 0.2) is 0 Å². The number of aryl methyl sites for hydroxylation is 2. The average molecular weight is 334 g/mol. The zero-order valence-corrected chi connectivity index (χ0v) is 13.4. The highest BCUT2D eigenvalue weighted by atomic mass is 32.2. The highest BCUT2D eigenvalue weighted by molar-refractivity contribution is 8.14. The maximum Gasteiger partial charge on any atom is 0.291 e. The Morgan fingerprint density at radius 2 is 2.13 bits per heavy atom. The molecule has 10 heteroatoms. The lowest BCUT2D eigenvalue weighted by Crippen LogP contribution is -2.37. The maximum absolute atomic E-state index is 12.1. The fourth-order valence-electron chi connectivity index (χ4n) is 2.22. The Kier molecular flexibility index (Phi) is 3.99. The van der Waals surface area contributed by atoms with Crippen LogP contribution in [0.25, 0.3) is 5.78 Å². The first-order chi connectivity index (χ1) is 11.0. The predicted molar refractivity (Wildman–Crippen MR) is 82.2 cm³/mol. The number of carbonyl (C=O) groups is 3. The van der Waals surface area contributed by atoms with Crippen LogP contribution < -0.4 is 5.32 Å². The molecule has 120 valence electrons. The molecular weight excluding hydrogens is 320 g/mol. The van der Waals surface area contributed by atoms with Gasteiger partial charge in [0.2, 0.25) is 11.7 Å². The number of aromatic nitrogens is 4. The van der Waals surface area contributed by atoms with Crippen molar-refractivity contribution in [3.05, 3.63) is 23.3 Å². The van der Waals surface area contributed by atoms with Gasteiger partial charge < -0.3 is 5.32 Å². The molecule has 0 saturated carbocycles. The molecule has 0 radical (unpaired) electrons. The Morgan fingerprint density at radius 3 is 2.83 bits per heavy atom. The molecule has 3 amide bonds. The smallest absolute Gasteiger partial charge is 0.291 e. The van der Waals surface area contributed by atoms with E-state index in [0.717, 1.165) is 28.0 Å². The Balaban J connectivity index is 1.65. The largest absolute Gasteiger partial charge is 0.347 e. The summed E-state index contributed by atoms with van der Waals surface area (Å²) < 4.78 is 1.49. The van der Waals surface area contributed by atoms with E-state index in [4.69, 9.17) is 0 Å². The zero-order valence-electron chi connectivity index (χ0n) is 12.6. The van der Waals surface area contributed by atoms with Gasteiger partial charge in [0.1, 0.15) is 0 Å². The Bertz CT molecular complexity index is 801.